The number of ether oxygens (including phenoxy) is 2. The van der Waals surface area contributed by atoms with E-state index in [4.69, 9.17) is 21.1 Å². The number of fused-ring (bicyclic) bond motifs is 1. The number of hydrogen-bond donors (Lipinski definition) is 2. The van der Waals surface area contributed by atoms with E-state index in [1.807, 2.05) is 30.8 Å². The fraction of sp³-hybridized carbons (Fsp3) is 0.474. The van der Waals surface area contributed by atoms with Gasteiger partial charge >= 0.3 is 0 Å². The Bertz CT molecular complexity index is 862. The van der Waals surface area contributed by atoms with Crippen molar-refractivity contribution >= 4 is 17.6 Å². The van der Waals surface area contributed by atoms with Crippen LogP contribution in [0.1, 0.15) is 29.4 Å². The molecule has 1 aliphatic rings. The molecule has 2 N–H and O–H groups in total. The Kier molecular flexibility index (Phi) is 5.79. The van der Waals surface area contributed by atoms with Crippen LogP contribution < -0.4 is 20.1 Å². The van der Waals surface area contributed by atoms with Gasteiger partial charge in [-0.3, -0.25) is 9.67 Å². The summed E-state index contributed by atoms with van der Waals surface area (Å²) < 4.78 is 12.7. The first kappa shape index (κ1) is 19.4. The second-order valence-corrected chi connectivity index (χ2v) is 7.17. The summed E-state index contributed by atoms with van der Waals surface area (Å²) >= 11 is 6.24. The molecule has 3 rings (SSSR count). The summed E-state index contributed by atoms with van der Waals surface area (Å²) in [6, 6.07) is 4.01. The van der Waals surface area contributed by atoms with Crippen molar-refractivity contribution in [3.8, 4) is 11.5 Å². The number of halogens is 1. The standard InChI is InChI=1S/C19H26ClN5O2/c1-11(6-15-12(2)24-25(5)13(15)3)23-19(21-4)22-9-14-7-16(20)18-17(8-14)26-10-27-18/h7-8,11H,6,9-10H2,1-5H3,(H2,21,22,23). The van der Waals surface area contributed by atoms with Crippen molar-refractivity contribution in [3.05, 3.63) is 39.7 Å². The molecule has 0 saturated heterocycles. The van der Waals surface area contributed by atoms with E-state index in [0.717, 1.165) is 23.6 Å². The normalized spacial score (nSPS) is 14.4. The molecule has 0 radical (unpaired) electrons. The summed E-state index contributed by atoms with van der Waals surface area (Å²) in [5.74, 6) is 2.02. The quantitative estimate of drug-likeness (QED) is 0.605. The maximum absolute atomic E-state index is 6.24. The van der Waals surface area contributed by atoms with Gasteiger partial charge in [-0.1, -0.05) is 11.6 Å². The Morgan fingerprint density at radius 3 is 2.81 bits per heavy atom. The predicted octanol–water partition coefficient (Wildman–Crippen LogP) is 2.72. The van der Waals surface area contributed by atoms with Gasteiger partial charge in [0.1, 0.15) is 0 Å². The molecule has 0 amide bonds. The van der Waals surface area contributed by atoms with Crippen molar-refractivity contribution in [2.75, 3.05) is 13.8 Å². The molecule has 1 aromatic heterocycles. The number of nitrogens with one attached hydrogen (secondary N) is 2. The lowest BCUT2D eigenvalue weighted by Gasteiger charge is -2.18. The molecule has 8 heteroatoms. The molecule has 27 heavy (non-hydrogen) atoms. The van der Waals surface area contributed by atoms with Crippen LogP contribution in [0.5, 0.6) is 11.5 Å². The van der Waals surface area contributed by atoms with Crippen LogP contribution in [0.25, 0.3) is 0 Å². The van der Waals surface area contributed by atoms with E-state index in [1.54, 1.807) is 7.05 Å². The van der Waals surface area contributed by atoms with Crippen LogP contribution in [0.4, 0.5) is 0 Å². The summed E-state index contributed by atoms with van der Waals surface area (Å²) in [5, 5.41) is 11.8. The zero-order valence-corrected chi connectivity index (χ0v) is 17.1. The Labute approximate surface area is 164 Å². The third-order valence-corrected chi connectivity index (χ3v) is 5.00. The predicted molar refractivity (Wildman–Crippen MR) is 107 cm³/mol. The third kappa shape index (κ3) is 4.30. The van der Waals surface area contributed by atoms with E-state index in [0.29, 0.717) is 23.1 Å². The van der Waals surface area contributed by atoms with Crippen molar-refractivity contribution in [1.29, 1.82) is 0 Å². The van der Waals surface area contributed by atoms with Crippen molar-refractivity contribution in [2.24, 2.45) is 12.0 Å². The molecule has 1 aromatic carbocycles. The van der Waals surface area contributed by atoms with Gasteiger partial charge < -0.3 is 20.1 Å². The summed E-state index contributed by atoms with van der Waals surface area (Å²) in [6.45, 7) is 7.06. The van der Waals surface area contributed by atoms with Crippen LogP contribution in [0, 0.1) is 13.8 Å². The van der Waals surface area contributed by atoms with Crippen molar-refractivity contribution < 1.29 is 9.47 Å². The molecule has 1 aliphatic heterocycles. The highest BCUT2D eigenvalue weighted by Crippen LogP contribution is 2.39. The number of aliphatic imine (C=N–C) groups is 1. The third-order valence-electron chi connectivity index (χ3n) is 4.72. The van der Waals surface area contributed by atoms with Gasteiger partial charge in [-0.2, -0.15) is 5.10 Å². The summed E-state index contributed by atoms with van der Waals surface area (Å²) in [6.07, 6.45) is 0.877. The lowest BCUT2D eigenvalue weighted by atomic mass is 10.1. The lowest BCUT2D eigenvalue weighted by Crippen LogP contribution is -2.42. The lowest BCUT2D eigenvalue weighted by molar-refractivity contribution is 0.174. The van der Waals surface area contributed by atoms with Gasteiger partial charge in [0, 0.05) is 32.4 Å². The highest BCUT2D eigenvalue weighted by molar-refractivity contribution is 6.32. The zero-order valence-electron chi connectivity index (χ0n) is 16.4. The van der Waals surface area contributed by atoms with Crippen molar-refractivity contribution in [2.45, 2.75) is 39.8 Å². The van der Waals surface area contributed by atoms with Gasteiger partial charge in [0.15, 0.2) is 17.5 Å². The first-order valence-corrected chi connectivity index (χ1v) is 9.31. The van der Waals surface area contributed by atoms with Gasteiger partial charge in [0.05, 0.1) is 10.7 Å². The second-order valence-electron chi connectivity index (χ2n) is 6.76. The zero-order chi connectivity index (χ0) is 19.6. The average Bonchev–Trinajstić information content (AvgIpc) is 3.19. The van der Waals surface area contributed by atoms with Crippen LogP contribution in [-0.4, -0.2) is 35.6 Å². The Morgan fingerprint density at radius 2 is 2.15 bits per heavy atom. The average molecular weight is 392 g/mol. The molecule has 1 unspecified atom stereocenters. The topological polar surface area (TPSA) is 72.7 Å². The molecule has 0 fully saturated rings. The number of aryl methyl sites for hydroxylation is 2. The van der Waals surface area contributed by atoms with E-state index < -0.39 is 0 Å². The van der Waals surface area contributed by atoms with E-state index in [1.165, 1.54) is 11.3 Å². The second kappa shape index (κ2) is 8.08. The molecule has 0 saturated carbocycles. The molecule has 1 atom stereocenters. The van der Waals surface area contributed by atoms with Gasteiger partial charge in [0.25, 0.3) is 0 Å². The van der Waals surface area contributed by atoms with Crippen molar-refractivity contribution in [3.63, 3.8) is 0 Å². The molecule has 0 aliphatic carbocycles. The first-order valence-electron chi connectivity index (χ1n) is 8.93. The highest BCUT2D eigenvalue weighted by Gasteiger charge is 2.18. The number of guanidine groups is 1. The van der Waals surface area contributed by atoms with Gasteiger partial charge in [-0.15, -0.1) is 0 Å². The van der Waals surface area contributed by atoms with E-state index in [2.05, 4.69) is 34.6 Å². The molecule has 2 aromatic rings. The van der Waals surface area contributed by atoms with E-state index in [9.17, 15) is 0 Å². The Morgan fingerprint density at radius 1 is 1.37 bits per heavy atom. The van der Waals surface area contributed by atoms with Crippen LogP contribution in [0.2, 0.25) is 5.02 Å². The molecular formula is C19H26ClN5O2. The number of aromatic nitrogens is 2. The van der Waals surface area contributed by atoms with Gasteiger partial charge in [-0.25, -0.2) is 0 Å². The van der Waals surface area contributed by atoms with Gasteiger partial charge in [0.2, 0.25) is 6.79 Å². The fourth-order valence-corrected chi connectivity index (χ4v) is 3.49. The maximum atomic E-state index is 6.24. The fourth-order valence-electron chi connectivity index (χ4n) is 3.21. The minimum atomic E-state index is 0.207. The summed E-state index contributed by atoms with van der Waals surface area (Å²) in [5.41, 5.74) is 4.54. The molecule has 0 bridgehead atoms. The van der Waals surface area contributed by atoms with Gasteiger partial charge in [-0.05, 0) is 50.5 Å². The minimum absolute atomic E-state index is 0.207. The molecule has 0 spiro atoms. The highest BCUT2D eigenvalue weighted by atomic mass is 35.5. The largest absolute Gasteiger partial charge is 0.454 e. The van der Waals surface area contributed by atoms with Crippen LogP contribution in [0.15, 0.2) is 17.1 Å². The number of rotatable bonds is 5. The maximum Gasteiger partial charge on any atom is 0.231 e. The van der Waals surface area contributed by atoms with Crippen LogP contribution in [-0.2, 0) is 20.0 Å². The molecule has 146 valence electrons. The number of benzene rings is 1. The summed E-state index contributed by atoms with van der Waals surface area (Å²) in [7, 11) is 3.73. The number of hydrogen-bond acceptors (Lipinski definition) is 4. The molecular weight excluding hydrogens is 366 g/mol. The Balaban J connectivity index is 1.59. The minimum Gasteiger partial charge on any atom is -0.454 e. The SMILES string of the molecule is CN=C(NCc1cc(Cl)c2c(c1)OCO2)NC(C)Cc1c(C)nn(C)c1C. The van der Waals surface area contributed by atoms with Crippen LogP contribution in [0.3, 0.4) is 0 Å². The summed E-state index contributed by atoms with van der Waals surface area (Å²) in [4.78, 5) is 4.31. The monoisotopic (exact) mass is 391 g/mol. The van der Waals surface area contributed by atoms with Crippen molar-refractivity contribution in [1.82, 2.24) is 20.4 Å². The smallest absolute Gasteiger partial charge is 0.231 e. The van der Waals surface area contributed by atoms with Crippen LogP contribution >= 0.6 is 11.6 Å². The first-order chi connectivity index (χ1) is 12.9. The van der Waals surface area contributed by atoms with E-state index >= 15 is 0 Å². The van der Waals surface area contributed by atoms with E-state index in [-0.39, 0.29) is 12.8 Å². The number of nitrogens with zero attached hydrogens (tertiary/aromatic N) is 3. The molecule has 2 heterocycles. The Hall–Kier alpha value is -2.41. The molecule has 7 nitrogen and oxygen atoms in total.